The maximum Gasteiger partial charge on any atom is 0.410 e. The summed E-state index contributed by atoms with van der Waals surface area (Å²) < 4.78 is 6.26. The third-order valence-corrected chi connectivity index (χ3v) is 6.49. The number of anilines is 1. The number of aromatic nitrogens is 2. The number of allylic oxidation sites excluding steroid dienone is 1. The Morgan fingerprint density at radius 1 is 1.28 bits per heavy atom. The van der Waals surface area contributed by atoms with Crippen molar-refractivity contribution < 1.29 is 9.53 Å². The van der Waals surface area contributed by atoms with Gasteiger partial charge in [-0.05, 0) is 61.2 Å². The number of nitriles is 2. The first-order valence-corrected chi connectivity index (χ1v) is 11.2. The summed E-state index contributed by atoms with van der Waals surface area (Å²) in [5, 5.41) is 30.2. The number of H-pyrrole nitrogens is 1. The Morgan fingerprint density at radius 3 is 2.75 bits per heavy atom. The van der Waals surface area contributed by atoms with E-state index in [0.29, 0.717) is 40.1 Å². The second kappa shape index (κ2) is 8.33. The third kappa shape index (κ3) is 3.85. The van der Waals surface area contributed by atoms with Crippen molar-refractivity contribution in [2.75, 3.05) is 11.9 Å². The summed E-state index contributed by atoms with van der Waals surface area (Å²) in [5.41, 5.74) is 2.62. The minimum absolute atomic E-state index is 0.329. The van der Waals surface area contributed by atoms with Gasteiger partial charge in [0.05, 0.1) is 34.9 Å². The molecule has 9 heteroatoms. The highest BCUT2D eigenvalue weighted by Gasteiger charge is 2.41. The van der Waals surface area contributed by atoms with Gasteiger partial charge >= 0.3 is 6.09 Å². The van der Waals surface area contributed by atoms with Gasteiger partial charge in [-0.1, -0.05) is 12.1 Å². The summed E-state index contributed by atoms with van der Waals surface area (Å²) in [5.74, 6) is 0.170. The first-order chi connectivity index (χ1) is 15.2. The van der Waals surface area contributed by atoms with Crippen molar-refractivity contribution >= 4 is 27.8 Å². The molecule has 0 aliphatic carbocycles. The SMILES string of the molecule is CC(C)(C)OC(=O)N1CCCC1C1=C(C#N)C(c2cccc(C#N)c2Br)c2c[nH]nc2N1. The van der Waals surface area contributed by atoms with Crippen molar-refractivity contribution in [2.24, 2.45) is 0 Å². The highest BCUT2D eigenvalue weighted by molar-refractivity contribution is 9.10. The van der Waals surface area contributed by atoms with Crippen LogP contribution in [0.1, 0.15) is 56.2 Å². The molecule has 1 fully saturated rings. The number of aromatic amines is 1. The van der Waals surface area contributed by atoms with E-state index in [1.165, 1.54) is 0 Å². The largest absolute Gasteiger partial charge is 0.444 e. The summed E-state index contributed by atoms with van der Waals surface area (Å²) in [6, 6.07) is 9.65. The average Bonchev–Trinajstić information content (AvgIpc) is 3.40. The van der Waals surface area contributed by atoms with Crippen LogP contribution in [0.3, 0.4) is 0 Å². The topological polar surface area (TPSA) is 118 Å². The Morgan fingerprint density at radius 2 is 2.06 bits per heavy atom. The van der Waals surface area contributed by atoms with Gasteiger partial charge in [0.2, 0.25) is 0 Å². The number of amides is 1. The van der Waals surface area contributed by atoms with Crippen LogP contribution in [0.25, 0.3) is 0 Å². The summed E-state index contributed by atoms with van der Waals surface area (Å²) in [6.07, 6.45) is 2.87. The normalized spacial score (nSPS) is 20.2. The molecule has 2 aliphatic rings. The van der Waals surface area contributed by atoms with Crippen molar-refractivity contribution in [3.8, 4) is 12.1 Å². The minimum Gasteiger partial charge on any atom is -0.444 e. The van der Waals surface area contributed by atoms with Crippen LogP contribution in [0.2, 0.25) is 0 Å². The number of rotatable bonds is 2. The molecule has 32 heavy (non-hydrogen) atoms. The van der Waals surface area contributed by atoms with Gasteiger partial charge in [-0.25, -0.2) is 4.79 Å². The molecular formula is C23H23BrN6O2. The van der Waals surface area contributed by atoms with E-state index < -0.39 is 17.6 Å². The van der Waals surface area contributed by atoms with Gasteiger partial charge < -0.3 is 10.1 Å². The second-order valence-corrected chi connectivity index (χ2v) is 9.63. The van der Waals surface area contributed by atoms with Crippen LogP contribution >= 0.6 is 15.9 Å². The summed E-state index contributed by atoms with van der Waals surface area (Å²) in [4.78, 5) is 14.6. The van der Waals surface area contributed by atoms with Crippen LogP contribution in [0.5, 0.6) is 0 Å². The van der Waals surface area contributed by atoms with Gasteiger partial charge in [-0.3, -0.25) is 10.00 Å². The van der Waals surface area contributed by atoms with Crippen molar-refractivity contribution in [3.63, 3.8) is 0 Å². The van der Waals surface area contributed by atoms with Gasteiger partial charge in [-0.2, -0.15) is 15.6 Å². The zero-order valence-corrected chi connectivity index (χ0v) is 19.7. The number of halogens is 1. The lowest BCUT2D eigenvalue weighted by Gasteiger charge is -2.34. The van der Waals surface area contributed by atoms with Crippen molar-refractivity contribution in [1.29, 1.82) is 10.5 Å². The molecule has 164 valence electrons. The number of ether oxygens (including phenoxy) is 1. The minimum atomic E-state index is -0.614. The van der Waals surface area contributed by atoms with E-state index in [0.717, 1.165) is 17.5 Å². The van der Waals surface area contributed by atoms with E-state index >= 15 is 0 Å². The van der Waals surface area contributed by atoms with Crippen molar-refractivity contribution in [1.82, 2.24) is 15.1 Å². The number of hydrogen-bond donors (Lipinski definition) is 2. The van der Waals surface area contributed by atoms with Crippen LogP contribution in [-0.2, 0) is 4.74 Å². The maximum atomic E-state index is 12.9. The standard InChI is InChI=1S/C23H23BrN6O2/c1-23(2,3)32-22(31)30-9-5-8-17(30)20-15(11-26)18(16-12-27-29-21(16)28-20)14-7-4-6-13(10-25)19(14)24/h4,6-7,12,17-18H,5,8-9H2,1-3H3,(H2,27,28,29). The average molecular weight is 495 g/mol. The molecule has 0 bridgehead atoms. The number of fused-ring (bicyclic) bond motifs is 1. The molecule has 1 amide bonds. The Labute approximate surface area is 195 Å². The van der Waals surface area contributed by atoms with Gasteiger partial charge in [0, 0.05) is 22.8 Å². The molecule has 1 aromatic carbocycles. The highest BCUT2D eigenvalue weighted by atomic mass is 79.9. The van der Waals surface area contributed by atoms with Crippen LogP contribution < -0.4 is 5.32 Å². The van der Waals surface area contributed by atoms with Gasteiger partial charge in [0.1, 0.15) is 11.7 Å². The fraction of sp³-hybridized carbons (Fsp3) is 0.391. The zero-order chi connectivity index (χ0) is 23.0. The fourth-order valence-electron chi connectivity index (χ4n) is 4.30. The molecule has 2 aromatic rings. The highest BCUT2D eigenvalue weighted by Crippen LogP contribution is 2.45. The molecule has 2 aliphatic heterocycles. The van der Waals surface area contributed by atoms with E-state index in [-0.39, 0.29) is 6.04 Å². The van der Waals surface area contributed by atoms with E-state index in [1.807, 2.05) is 26.8 Å². The Hall–Kier alpha value is -3.30. The molecule has 3 heterocycles. The molecule has 0 spiro atoms. The Kier molecular flexibility index (Phi) is 5.70. The summed E-state index contributed by atoms with van der Waals surface area (Å²) in [6.45, 7) is 6.05. The molecule has 8 nitrogen and oxygen atoms in total. The Balaban J connectivity index is 1.83. The molecule has 0 radical (unpaired) electrons. The third-order valence-electron chi connectivity index (χ3n) is 5.61. The Bertz CT molecular complexity index is 1180. The van der Waals surface area contributed by atoms with Gasteiger partial charge in [0.15, 0.2) is 5.82 Å². The molecular weight excluding hydrogens is 472 g/mol. The number of hydrogen-bond acceptors (Lipinski definition) is 6. The van der Waals surface area contributed by atoms with E-state index in [2.05, 4.69) is 43.6 Å². The number of carbonyl (C=O) groups is 1. The van der Waals surface area contributed by atoms with Crippen LogP contribution in [-0.4, -0.2) is 39.4 Å². The lowest BCUT2D eigenvalue weighted by Crippen LogP contribution is -2.43. The first kappa shape index (κ1) is 21.9. The van der Waals surface area contributed by atoms with Crippen molar-refractivity contribution in [3.05, 3.63) is 56.8 Å². The lowest BCUT2D eigenvalue weighted by atomic mass is 9.81. The van der Waals surface area contributed by atoms with Crippen molar-refractivity contribution in [2.45, 2.75) is 51.2 Å². The van der Waals surface area contributed by atoms with E-state index in [9.17, 15) is 15.3 Å². The van der Waals surface area contributed by atoms with E-state index in [4.69, 9.17) is 4.74 Å². The quantitative estimate of drug-likeness (QED) is 0.619. The predicted molar refractivity (Wildman–Crippen MR) is 122 cm³/mol. The van der Waals surface area contributed by atoms with Gasteiger partial charge in [-0.15, -0.1) is 0 Å². The molecule has 2 atom stereocenters. The van der Waals surface area contributed by atoms with E-state index in [1.54, 1.807) is 23.2 Å². The fourth-order valence-corrected chi connectivity index (χ4v) is 4.88. The predicted octanol–water partition coefficient (Wildman–Crippen LogP) is 4.78. The van der Waals surface area contributed by atoms with Crippen LogP contribution in [0.15, 0.2) is 40.1 Å². The first-order valence-electron chi connectivity index (χ1n) is 10.4. The zero-order valence-electron chi connectivity index (χ0n) is 18.1. The number of carbonyl (C=O) groups excluding carboxylic acids is 1. The van der Waals surface area contributed by atoms with Crippen LogP contribution in [0, 0.1) is 22.7 Å². The molecule has 1 aromatic heterocycles. The molecule has 1 saturated heterocycles. The molecule has 0 saturated carbocycles. The molecule has 2 unspecified atom stereocenters. The monoisotopic (exact) mass is 494 g/mol. The maximum absolute atomic E-state index is 12.9. The summed E-state index contributed by atoms with van der Waals surface area (Å²) in [7, 11) is 0. The van der Waals surface area contributed by atoms with Crippen LogP contribution in [0.4, 0.5) is 10.6 Å². The molecule has 2 N–H and O–H groups in total. The summed E-state index contributed by atoms with van der Waals surface area (Å²) >= 11 is 3.56. The number of nitrogens with zero attached hydrogens (tertiary/aromatic N) is 4. The molecule has 4 rings (SSSR count). The lowest BCUT2D eigenvalue weighted by molar-refractivity contribution is 0.0249. The smallest absolute Gasteiger partial charge is 0.410 e. The second-order valence-electron chi connectivity index (χ2n) is 8.84. The number of nitrogens with one attached hydrogen (secondary N) is 2. The van der Waals surface area contributed by atoms with Gasteiger partial charge in [0.25, 0.3) is 0 Å². The number of likely N-dealkylation sites (tertiary alicyclic amines) is 1. The number of benzene rings is 1.